The molecule has 0 aliphatic carbocycles. The van der Waals surface area contributed by atoms with Crippen LogP contribution < -0.4 is 5.56 Å². The fourth-order valence-corrected chi connectivity index (χ4v) is 4.38. The molecule has 0 N–H and O–H groups in total. The first-order chi connectivity index (χ1) is 13.9. The Morgan fingerprint density at radius 3 is 2.59 bits per heavy atom. The summed E-state index contributed by atoms with van der Waals surface area (Å²) in [5.41, 5.74) is 0.477. The molecule has 0 atom stereocenters. The van der Waals surface area contributed by atoms with Crippen LogP contribution in [-0.2, 0) is 22.7 Å². The molecule has 1 aromatic heterocycles. The van der Waals surface area contributed by atoms with Gasteiger partial charge in [-0.2, -0.15) is 0 Å². The van der Waals surface area contributed by atoms with Gasteiger partial charge in [-0.15, -0.1) is 0 Å². The van der Waals surface area contributed by atoms with E-state index >= 15 is 0 Å². The summed E-state index contributed by atoms with van der Waals surface area (Å²) in [6.45, 7) is 2.26. The molecule has 6 nitrogen and oxygen atoms in total. The maximum absolute atomic E-state index is 13.4. The Bertz CT molecular complexity index is 979. The number of benzene rings is 1. The maximum Gasteiger partial charge on any atom is 0.250 e. The van der Waals surface area contributed by atoms with Gasteiger partial charge in [0.2, 0.25) is 11.8 Å². The van der Waals surface area contributed by atoms with Gasteiger partial charge in [0, 0.05) is 50.3 Å². The van der Waals surface area contributed by atoms with Crippen LogP contribution in [0.2, 0.25) is 0 Å². The van der Waals surface area contributed by atoms with Crippen molar-refractivity contribution >= 4 is 11.8 Å². The van der Waals surface area contributed by atoms with Crippen LogP contribution in [0.25, 0.3) is 0 Å². The topological polar surface area (TPSA) is 62.6 Å². The molecule has 2 fully saturated rings. The lowest BCUT2D eigenvalue weighted by Crippen LogP contribution is -2.45. The lowest BCUT2D eigenvalue weighted by molar-refractivity contribution is -0.134. The monoisotopic (exact) mass is 397 g/mol. The van der Waals surface area contributed by atoms with Gasteiger partial charge in [-0.1, -0.05) is 18.2 Å². The van der Waals surface area contributed by atoms with Gasteiger partial charge in [-0.25, -0.2) is 4.39 Å². The standard InChI is InChI=1S/C22H24FN3O3/c23-18-5-3-4-17(12-18)14-26-16-22(13-20(26)28)7-10-24(11-8-22)21(29)15-25-9-2-1-6-19(25)27/h1-6,9,12H,7-8,10-11,13-16H2. The van der Waals surface area contributed by atoms with Crippen LogP contribution in [0, 0.1) is 11.2 Å². The second-order valence-electron chi connectivity index (χ2n) is 8.10. The Morgan fingerprint density at radius 2 is 1.86 bits per heavy atom. The first-order valence-electron chi connectivity index (χ1n) is 9.90. The normalized spacial score (nSPS) is 18.4. The predicted molar refractivity (Wildman–Crippen MR) is 105 cm³/mol. The minimum Gasteiger partial charge on any atom is -0.341 e. The minimum absolute atomic E-state index is 0.0390. The number of piperidine rings is 1. The van der Waals surface area contributed by atoms with Crippen molar-refractivity contribution < 1.29 is 14.0 Å². The molecule has 0 bridgehead atoms. The SMILES string of the molecule is O=C(Cn1ccccc1=O)N1CCC2(CC1)CC(=O)N(Cc1cccc(F)c1)C2. The van der Waals surface area contributed by atoms with Crippen molar-refractivity contribution in [2.75, 3.05) is 19.6 Å². The zero-order valence-electron chi connectivity index (χ0n) is 16.2. The summed E-state index contributed by atoms with van der Waals surface area (Å²) in [6, 6.07) is 11.2. The molecule has 2 aliphatic rings. The number of pyridine rings is 1. The van der Waals surface area contributed by atoms with Crippen molar-refractivity contribution in [1.29, 1.82) is 0 Å². The average molecular weight is 397 g/mol. The number of halogens is 1. The molecule has 7 heteroatoms. The number of nitrogens with zero attached hydrogens (tertiary/aromatic N) is 3. The number of amides is 2. The van der Waals surface area contributed by atoms with E-state index in [0.29, 0.717) is 32.6 Å². The summed E-state index contributed by atoms with van der Waals surface area (Å²) in [4.78, 5) is 40.5. The van der Waals surface area contributed by atoms with E-state index in [1.54, 1.807) is 34.2 Å². The molecule has 4 rings (SSSR count). The van der Waals surface area contributed by atoms with Gasteiger partial charge >= 0.3 is 0 Å². The zero-order chi connectivity index (χ0) is 20.4. The van der Waals surface area contributed by atoms with Crippen LogP contribution in [0.3, 0.4) is 0 Å². The third-order valence-electron chi connectivity index (χ3n) is 6.05. The van der Waals surface area contributed by atoms with E-state index in [0.717, 1.165) is 18.4 Å². The molecular weight excluding hydrogens is 373 g/mol. The third kappa shape index (κ3) is 4.23. The second-order valence-corrected chi connectivity index (χ2v) is 8.10. The largest absolute Gasteiger partial charge is 0.341 e. The smallest absolute Gasteiger partial charge is 0.250 e. The number of likely N-dealkylation sites (tertiary alicyclic amines) is 2. The Kier molecular flexibility index (Phi) is 5.22. The quantitative estimate of drug-likeness (QED) is 0.793. The molecular formula is C22H24FN3O3. The van der Waals surface area contributed by atoms with Gasteiger partial charge in [-0.05, 0) is 36.6 Å². The lowest BCUT2D eigenvalue weighted by Gasteiger charge is -2.39. The maximum atomic E-state index is 13.4. The summed E-state index contributed by atoms with van der Waals surface area (Å²) >= 11 is 0. The summed E-state index contributed by atoms with van der Waals surface area (Å²) < 4.78 is 14.8. The molecule has 0 radical (unpaired) electrons. The molecule has 152 valence electrons. The number of hydrogen-bond acceptors (Lipinski definition) is 3. The van der Waals surface area contributed by atoms with E-state index in [-0.39, 0.29) is 35.2 Å². The van der Waals surface area contributed by atoms with Crippen molar-refractivity contribution in [2.24, 2.45) is 5.41 Å². The summed E-state index contributed by atoms with van der Waals surface area (Å²) in [6.07, 6.45) is 3.61. The Labute approximate surface area is 168 Å². The molecule has 1 aromatic carbocycles. The van der Waals surface area contributed by atoms with Crippen molar-refractivity contribution in [2.45, 2.75) is 32.4 Å². The van der Waals surface area contributed by atoms with E-state index < -0.39 is 0 Å². The molecule has 2 saturated heterocycles. The van der Waals surface area contributed by atoms with Crippen LogP contribution >= 0.6 is 0 Å². The lowest BCUT2D eigenvalue weighted by atomic mass is 9.77. The van der Waals surface area contributed by atoms with E-state index in [1.165, 1.54) is 22.8 Å². The van der Waals surface area contributed by atoms with Gasteiger partial charge in [-0.3, -0.25) is 14.4 Å². The molecule has 29 heavy (non-hydrogen) atoms. The van der Waals surface area contributed by atoms with Gasteiger partial charge < -0.3 is 14.4 Å². The highest BCUT2D eigenvalue weighted by Crippen LogP contribution is 2.41. The molecule has 0 unspecified atom stereocenters. The van der Waals surface area contributed by atoms with Crippen LogP contribution in [0.15, 0.2) is 53.5 Å². The van der Waals surface area contributed by atoms with E-state index in [1.807, 2.05) is 6.07 Å². The summed E-state index contributed by atoms with van der Waals surface area (Å²) in [5, 5.41) is 0. The number of hydrogen-bond donors (Lipinski definition) is 0. The van der Waals surface area contributed by atoms with Crippen LogP contribution in [0.1, 0.15) is 24.8 Å². The van der Waals surface area contributed by atoms with Crippen molar-refractivity contribution in [3.8, 4) is 0 Å². The summed E-state index contributed by atoms with van der Waals surface area (Å²) in [5.74, 6) is -0.285. The van der Waals surface area contributed by atoms with Gasteiger partial charge in [0.15, 0.2) is 0 Å². The molecule has 3 heterocycles. The highest BCUT2D eigenvalue weighted by atomic mass is 19.1. The second kappa shape index (κ2) is 7.81. The van der Waals surface area contributed by atoms with Crippen LogP contribution in [-0.4, -0.2) is 45.8 Å². The Morgan fingerprint density at radius 1 is 1.07 bits per heavy atom. The first kappa shape index (κ1) is 19.4. The number of carbonyl (C=O) groups excluding carboxylic acids is 2. The van der Waals surface area contributed by atoms with E-state index in [4.69, 9.17) is 0 Å². The highest BCUT2D eigenvalue weighted by molar-refractivity contribution is 5.80. The zero-order valence-corrected chi connectivity index (χ0v) is 16.2. The minimum atomic E-state index is -0.298. The average Bonchev–Trinajstić information content (AvgIpc) is 2.99. The first-order valence-corrected chi connectivity index (χ1v) is 9.90. The number of rotatable bonds is 4. The molecule has 0 saturated carbocycles. The van der Waals surface area contributed by atoms with Crippen molar-refractivity contribution in [3.63, 3.8) is 0 Å². The fourth-order valence-electron chi connectivity index (χ4n) is 4.38. The van der Waals surface area contributed by atoms with Gasteiger partial charge in [0.1, 0.15) is 12.4 Å². The molecule has 1 spiro atoms. The predicted octanol–water partition coefficient (Wildman–Crippen LogP) is 2.03. The molecule has 2 aliphatic heterocycles. The van der Waals surface area contributed by atoms with Crippen molar-refractivity contribution in [3.05, 3.63) is 70.4 Å². The Hall–Kier alpha value is -2.96. The van der Waals surface area contributed by atoms with Gasteiger partial charge in [0.05, 0.1) is 0 Å². The fraction of sp³-hybridized carbons (Fsp3) is 0.409. The third-order valence-corrected chi connectivity index (χ3v) is 6.05. The van der Waals surface area contributed by atoms with Gasteiger partial charge in [0.25, 0.3) is 5.56 Å². The molecule has 2 aromatic rings. The van der Waals surface area contributed by atoms with E-state index in [9.17, 15) is 18.8 Å². The van der Waals surface area contributed by atoms with E-state index in [2.05, 4.69) is 0 Å². The number of aromatic nitrogens is 1. The Balaban J connectivity index is 1.35. The van der Waals surface area contributed by atoms with Crippen LogP contribution in [0.4, 0.5) is 4.39 Å². The summed E-state index contributed by atoms with van der Waals surface area (Å²) in [7, 11) is 0. The number of carbonyl (C=O) groups is 2. The molecule has 2 amide bonds. The van der Waals surface area contributed by atoms with Crippen LogP contribution in [0.5, 0.6) is 0 Å². The van der Waals surface area contributed by atoms with Crippen molar-refractivity contribution in [1.82, 2.24) is 14.4 Å². The highest BCUT2D eigenvalue weighted by Gasteiger charge is 2.45.